The highest BCUT2D eigenvalue weighted by Gasteiger charge is 2.13. The van der Waals surface area contributed by atoms with Gasteiger partial charge in [-0.05, 0) is 29.2 Å². The molecule has 2 aromatic carbocycles. The third-order valence-electron chi connectivity index (χ3n) is 4.71. The Labute approximate surface area is 176 Å². The van der Waals surface area contributed by atoms with Crippen LogP contribution in [-0.2, 0) is 0 Å². The molecular weight excluding hydrogens is 395 g/mol. The number of piperazine rings is 1. The van der Waals surface area contributed by atoms with E-state index in [-0.39, 0.29) is 0 Å². The Kier molecular flexibility index (Phi) is 7.68. The Hall–Kier alpha value is -0.970. The highest BCUT2D eigenvalue weighted by atomic mass is 35.5. The summed E-state index contributed by atoms with van der Waals surface area (Å²) in [6.07, 6.45) is 4.25. The molecule has 0 unspecified atom stereocenters. The van der Waals surface area contributed by atoms with Crippen molar-refractivity contribution < 1.29 is 0 Å². The molecule has 0 atom stereocenters. The lowest BCUT2D eigenvalue weighted by Crippen LogP contribution is -2.43. The SMILES string of the molecule is CC(C)c1ccccc1Sc1ccc(/C=C/CN2CCNCC2)c(Cl)c1Cl. The molecule has 1 fully saturated rings. The fraction of sp³-hybridized carbons (Fsp3) is 0.364. The van der Waals surface area contributed by atoms with Gasteiger partial charge in [-0.15, -0.1) is 0 Å². The normalized spacial score (nSPS) is 15.7. The summed E-state index contributed by atoms with van der Waals surface area (Å²) in [4.78, 5) is 4.65. The molecule has 1 aliphatic heterocycles. The van der Waals surface area contributed by atoms with E-state index in [1.165, 1.54) is 10.5 Å². The predicted octanol–water partition coefficient (Wildman–Crippen LogP) is 6.19. The third-order valence-corrected chi connectivity index (χ3v) is 6.87. The largest absolute Gasteiger partial charge is 0.314 e. The van der Waals surface area contributed by atoms with Gasteiger partial charge in [0.25, 0.3) is 0 Å². The minimum Gasteiger partial charge on any atom is -0.314 e. The molecule has 1 heterocycles. The second kappa shape index (κ2) is 9.99. The molecule has 0 saturated carbocycles. The van der Waals surface area contributed by atoms with Crippen LogP contribution in [-0.4, -0.2) is 37.6 Å². The fourth-order valence-corrected chi connectivity index (χ4v) is 4.85. The van der Waals surface area contributed by atoms with E-state index in [2.05, 4.69) is 72.6 Å². The van der Waals surface area contributed by atoms with E-state index in [4.69, 9.17) is 23.2 Å². The molecule has 1 aliphatic rings. The second-order valence-corrected chi connectivity index (χ2v) is 8.87. The monoisotopic (exact) mass is 420 g/mol. The summed E-state index contributed by atoms with van der Waals surface area (Å²) in [5.74, 6) is 0.468. The molecule has 0 bridgehead atoms. The number of benzene rings is 2. The molecule has 0 aromatic heterocycles. The van der Waals surface area contributed by atoms with Gasteiger partial charge in [0, 0.05) is 42.5 Å². The van der Waals surface area contributed by atoms with Crippen LogP contribution < -0.4 is 5.32 Å². The average molecular weight is 421 g/mol. The van der Waals surface area contributed by atoms with E-state index < -0.39 is 0 Å². The maximum Gasteiger partial charge on any atom is 0.0737 e. The number of hydrogen-bond donors (Lipinski definition) is 1. The van der Waals surface area contributed by atoms with E-state index in [1.807, 2.05) is 0 Å². The van der Waals surface area contributed by atoms with Gasteiger partial charge in [-0.1, -0.05) is 85.2 Å². The van der Waals surface area contributed by atoms with Crippen LogP contribution in [0, 0.1) is 0 Å². The smallest absolute Gasteiger partial charge is 0.0737 e. The number of nitrogens with one attached hydrogen (secondary N) is 1. The van der Waals surface area contributed by atoms with Crippen LogP contribution in [0.4, 0.5) is 0 Å². The topological polar surface area (TPSA) is 15.3 Å². The molecule has 1 saturated heterocycles. The lowest BCUT2D eigenvalue weighted by molar-refractivity contribution is 0.265. The van der Waals surface area contributed by atoms with Crippen molar-refractivity contribution in [2.24, 2.45) is 0 Å². The fourth-order valence-electron chi connectivity index (χ4n) is 3.15. The molecule has 144 valence electrons. The van der Waals surface area contributed by atoms with Crippen molar-refractivity contribution in [3.63, 3.8) is 0 Å². The number of nitrogens with zero attached hydrogens (tertiary/aromatic N) is 1. The molecular formula is C22H26Cl2N2S. The van der Waals surface area contributed by atoms with Crippen LogP contribution >= 0.6 is 35.0 Å². The molecule has 2 aromatic rings. The summed E-state index contributed by atoms with van der Waals surface area (Å²) in [6, 6.07) is 12.6. The molecule has 0 aliphatic carbocycles. The second-order valence-electron chi connectivity index (χ2n) is 7.03. The first-order valence-corrected chi connectivity index (χ1v) is 11.0. The van der Waals surface area contributed by atoms with Crippen molar-refractivity contribution in [2.45, 2.75) is 29.6 Å². The van der Waals surface area contributed by atoms with Gasteiger partial charge in [0.1, 0.15) is 0 Å². The molecule has 5 heteroatoms. The van der Waals surface area contributed by atoms with Crippen molar-refractivity contribution in [3.8, 4) is 0 Å². The van der Waals surface area contributed by atoms with Crippen LogP contribution in [0.1, 0.15) is 30.9 Å². The van der Waals surface area contributed by atoms with Crippen LogP contribution in [0.5, 0.6) is 0 Å². The van der Waals surface area contributed by atoms with Gasteiger partial charge in [0.05, 0.1) is 10.0 Å². The summed E-state index contributed by atoms with van der Waals surface area (Å²) in [6.45, 7) is 9.65. The maximum atomic E-state index is 6.60. The van der Waals surface area contributed by atoms with Gasteiger partial charge < -0.3 is 5.32 Å². The van der Waals surface area contributed by atoms with Gasteiger partial charge >= 0.3 is 0 Å². The summed E-state index contributed by atoms with van der Waals surface area (Å²) in [5, 5.41) is 4.62. The lowest BCUT2D eigenvalue weighted by Gasteiger charge is -2.25. The first-order valence-electron chi connectivity index (χ1n) is 9.40. The zero-order chi connectivity index (χ0) is 19.2. The van der Waals surface area contributed by atoms with E-state index >= 15 is 0 Å². The quantitative estimate of drug-likeness (QED) is 0.599. The van der Waals surface area contributed by atoms with Gasteiger partial charge in [-0.25, -0.2) is 0 Å². The number of rotatable bonds is 6. The van der Waals surface area contributed by atoms with Crippen molar-refractivity contribution in [2.75, 3.05) is 32.7 Å². The zero-order valence-electron chi connectivity index (χ0n) is 15.8. The minimum atomic E-state index is 0.468. The molecule has 3 rings (SSSR count). The molecule has 1 N–H and O–H groups in total. The lowest BCUT2D eigenvalue weighted by atomic mass is 10.0. The van der Waals surface area contributed by atoms with Gasteiger partial charge in [0.15, 0.2) is 0 Å². The maximum absolute atomic E-state index is 6.60. The summed E-state index contributed by atoms with van der Waals surface area (Å²) >= 11 is 14.9. The van der Waals surface area contributed by atoms with Gasteiger partial charge in [-0.2, -0.15) is 0 Å². The third kappa shape index (κ3) is 5.52. The van der Waals surface area contributed by atoms with Crippen LogP contribution in [0.25, 0.3) is 6.08 Å². The van der Waals surface area contributed by atoms with Crippen molar-refractivity contribution in [1.82, 2.24) is 10.2 Å². The van der Waals surface area contributed by atoms with E-state index in [9.17, 15) is 0 Å². The Bertz CT molecular complexity index is 799. The minimum absolute atomic E-state index is 0.468. The highest BCUT2D eigenvalue weighted by Crippen LogP contribution is 2.41. The Morgan fingerprint density at radius 1 is 1.04 bits per heavy atom. The molecule has 0 radical (unpaired) electrons. The average Bonchev–Trinajstić information content (AvgIpc) is 2.68. The predicted molar refractivity (Wildman–Crippen MR) is 119 cm³/mol. The number of halogens is 2. The van der Waals surface area contributed by atoms with Crippen molar-refractivity contribution in [3.05, 3.63) is 63.6 Å². The Morgan fingerprint density at radius 2 is 1.78 bits per heavy atom. The van der Waals surface area contributed by atoms with Gasteiger partial charge in [-0.3, -0.25) is 4.90 Å². The van der Waals surface area contributed by atoms with Crippen molar-refractivity contribution in [1.29, 1.82) is 0 Å². The molecule has 27 heavy (non-hydrogen) atoms. The summed E-state index contributed by atoms with van der Waals surface area (Å²) in [5.41, 5.74) is 2.30. The van der Waals surface area contributed by atoms with Gasteiger partial charge in [0.2, 0.25) is 0 Å². The summed E-state index contributed by atoms with van der Waals surface area (Å²) < 4.78 is 0. The number of hydrogen-bond acceptors (Lipinski definition) is 3. The van der Waals surface area contributed by atoms with E-state index in [0.29, 0.717) is 16.0 Å². The van der Waals surface area contributed by atoms with E-state index in [0.717, 1.165) is 43.2 Å². The van der Waals surface area contributed by atoms with E-state index in [1.54, 1.807) is 11.8 Å². The highest BCUT2D eigenvalue weighted by molar-refractivity contribution is 7.99. The Morgan fingerprint density at radius 3 is 2.52 bits per heavy atom. The zero-order valence-corrected chi connectivity index (χ0v) is 18.2. The Balaban J connectivity index is 1.73. The molecule has 0 spiro atoms. The first-order chi connectivity index (χ1) is 13.1. The molecule has 0 amide bonds. The first kappa shape index (κ1) is 20.8. The van der Waals surface area contributed by atoms with Crippen LogP contribution in [0.3, 0.4) is 0 Å². The van der Waals surface area contributed by atoms with Crippen LogP contribution in [0.2, 0.25) is 10.0 Å². The standard InChI is InChI=1S/C22H26Cl2N2S/c1-16(2)18-7-3-4-8-19(18)27-20-10-9-17(21(23)22(20)24)6-5-13-26-14-11-25-12-15-26/h3-10,16,25H,11-15H2,1-2H3/b6-5+. The van der Waals surface area contributed by atoms with Crippen molar-refractivity contribution >= 4 is 41.0 Å². The summed E-state index contributed by atoms with van der Waals surface area (Å²) in [7, 11) is 0. The molecule has 2 nitrogen and oxygen atoms in total. The van der Waals surface area contributed by atoms with Crippen LogP contribution in [0.15, 0.2) is 52.3 Å².